The molecule has 0 unspecified atom stereocenters. The maximum absolute atomic E-state index is 12.5. The van der Waals surface area contributed by atoms with E-state index in [1.807, 2.05) is 43.3 Å². The lowest BCUT2D eigenvalue weighted by atomic mass is 10.1. The Labute approximate surface area is 169 Å². The summed E-state index contributed by atoms with van der Waals surface area (Å²) in [5.74, 6) is -0.618. The number of benzene rings is 2. The largest absolute Gasteiger partial charge is 0.450 e. The second-order valence-corrected chi connectivity index (χ2v) is 7.27. The SMILES string of the molecule is Cc1c(C(=O)OCC(=O)N2CCN(Cc3ccccc3)CC2)oc2ccccc12. The normalized spacial score (nSPS) is 14.9. The number of esters is 1. The van der Waals surface area contributed by atoms with E-state index >= 15 is 0 Å². The molecule has 150 valence electrons. The Morgan fingerprint density at radius 2 is 1.66 bits per heavy atom. The van der Waals surface area contributed by atoms with Crippen molar-refractivity contribution in [2.75, 3.05) is 32.8 Å². The first kappa shape index (κ1) is 19.2. The molecule has 6 heteroatoms. The molecule has 1 saturated heterocycles. The van der Waals surface area contributed by atoms with Crippen LogP contribution in [0.2, 0.25) is 0 Å². The molecule has 4 rings (SSSR count). The molecule has 0 N–H and O–H groups in total. The molecule has 1 aromatic heterocycles. The van der Waals surface area contributed by atoms with E-state index in [0.717, 1.165) is 30.6 Å². The van der Waals surface area contributed by atoms with Gasteiger partial charge in [0.15, 0.2) is 6.61 Å². The maximum atomic E-state index is 12.5. The predicted octanol–water partition coefficient (Wildman–Crippen LogP) is 3.24. The van der Waals surface area contributed by atoms with Crippen molar-refractivity contribution in [1.29, 1.82) is 0 Å². The van der Waals surface area contributed by atoms with Crippen molar-refractivity contribution in [2.24, 2.45) is 0 Å². The zero-order valence-corrected chi connectivity index (χ0v) is 16.5. The van der Waals surface area contributed by atoms with Crippen LogP contribution in [0.25, 0.3) is 11.0 Å². The van der Waals surface area contributed by atoms with Gasteiger partial charge in [-0.1, -0.05) is 48.5 Å². The molecule has 0 saturated carbocycles. The Hall–Kier alpha value is -3.12. The number of piperazine rings is 1. The van der Waals surface area contributed by atoms with Crippen LogP contribution in [0.5, 0.6) is 0 Å². The number of nitrogens with zero attached hydrogens (tertiary/aromatic N) is 2. The second kappa shape index (κ2) is 8.49. The van der Waals surface area contributed by atoms with Gasteiger partial charge >= 0.3 is 5.97 Å². The van der Waals surface area contributed by atoms with Gasteiger partial charge in [0.2, 0.25) is 5.76 Å². The van der Waals surface area contributed by atoms with Crippen LogP contribution in [-0.4, -0.2) is 54.5 Å². The van der Waals surface area contributed by atoms with Crippen molar-refractivity contribution < 1.29 is 18.7 Å². The smallest absolute Gasteiger partial charge is 0.375 e. The van der Waals surface area contributed by atoms with Gasteiger partial charge in [-0.3, -0.25) is 9.69 Å². The number of aryl methyl sites for hydroxylation is 1. The van der Waals surface area contributed by atoms with Crippen LogP contribution in [-0.2, 0) is 16.1 Å². The summed E-state index contributed by atoms with van der Waals surface area (Å²) < 4.78 is 10.8. The fourth-order valence-corrected chi connectivity index (χ4v) is 3.65. The lowest BCUT2D eigenvalue weighted by Gasteiger charge is -2.34. The number of carbonyl (C=O) groups is 2. The van der Waals surface area contributed by atoms with E-state index in [-0.39, 0.29) is 18.3 Å². The zero-order valence-electron chi connectivity index (χ0n) is 16.5. The van der Waals surface area contributed by atoms with E-state index in [1.165, 1.54) is 5.56 Å². The molecule has 3 aromatic rings. The van der Waals surface area contributed by atoms with Gasteiger partial charge in [0.05, 0.1) is 0 Å². The van der Waals surface area contributed by atoms with Crippen LogP contribution in [0.15, 0.2) is 59.0 Å². The number of hydrogen-bond acceptors (Lipinski definition) is 5. The van der Waals surface area contributed by atoms with E-state index in [0.29, 0.717) is 18.7 Å². The molecule has 0 spiro atoms. The molecular formula is C23H24N2O4. The van der Waals surface area contributed by atoms with Gasteiger partial charge < -0.3 is 14.1 Å². The van der Waals surface area contributed by atoms with Gasteiger partial charge in [0.1, 0.15) is 5.58 Å². The van der Waals surface area contributed by atoms with Gasteiger partial charge in [-0.2, -0.15) is 0 Å². The van der Waals surface area contributed by atoms with Gasteiger partial charge in [-0.15, -0.1) is 0 Å². The minimum Gasteiger partial charge on any atom is -0.450 e. The molecule has 1 amide bonds. The Bertz CT molecular complexity index is 1000. The summed E-state index contributed by atoms with van der Waals surface area (Å²) in [5.41, 5.74) is 2.63. The fourth-order valence-electron chi connectivity index (χ4n) is 3.65. The maximum Gasteiger partial charge on any atom is 0.375 e. The molecule has 2 heterocycles. The predicted molar refractivity (Wildman–Crippen MR) is 110 cm³/mol. The molecule has 0 bridgehead atoms. The minimum absolute atomic E-state index is 0.159. The quantitative estimate of drug-likeness (QED) is 0.624. The Balaban J connectivity index is 1.27. The molecule has 0 radical (unpaired) electrons. The molecule has 2 aromatic carbocycles. The highest BCUT2D eigenvalue weighted by Crippen LogP contribution is 2.25. The highest BCUT2D eigenvalue weighted by atomic mass is 16.5. The van der Waals surface area contributed by atoms with E-state index in [1.54, 1.807) is 11.0 Å². The number of ether oxygens (including phenoxy) is 1. The van der Waals surface area contributed by atoms with E-state index < -0.39 is 5.97 Å². The van der Waals surface area contributed by atoms with E-state index in [9.17, 15) is 9.59 Å². The van der Waals surface area contributed by atoms with Crippen molar-refractivity contribution in [1.82, 2.24) is 9.80 Å². The first-order chi connectivity index (χ1) is 14.1. The second-order valence-electron chi connectivity index (χ2n) is 7.27. The first-order valence-corrected chi connectivity index (χ1v) is 9.81. The summed E-state index contributed by atoms with van der Waals surface area (Å²) in [7, 11) is 0. The Morgan fingerprint density at radius 3 is 2.38 bits per heavy atom. The standard InChI is InChI=1S/C23H24N2O4/c1-17-19-9-5-6-10-20(19)29-22(17)23(27)28-16-21(26)25-13-11-24(12-14-25)15-18-7-3-2-4-8-18/h2-10H,11-16H2,1H3. The number of fused-ring (bicyclic) bond motifs is 1. The summed E-state index contributed by atoms with van der Waals surface area (Å²) in [6.07, 6.45) is 0. The number of hydrogen-bond donors (Lipinski definition) is 0. The minimum atomic E-state index is -0.602. The zero-order chi connectivity index (χ0) is 20.2. The number of amides is 1. The summed E-state index contributed by atoms with van der Waals surface area (Å²) >= 11 is 0. The average molecular weight is 392 g/mol. The Kier molecular flexibility index (Phi) is 5.62. The van der Waals surface area contributed by atoms with Crippen LogP contribution in [0.1, 0.15) is 21.7 Å². The lowest BCUT2D eigenvalue weighted by molar-refractivity contribution is -0.136. The van der Waals surface area contributed by atoms with Crippen LogP contribution in [0, 0.1) is 6.92 Å². The third-order valence-corrected chi connectivity index (χ3v) is 5.33. The van der Waals surface area contributed by atoms with Crippen LogP contribution in [0.4, 0.5) is 0 Å². The average Bonchev–Trinajstić information content (AvgIpc) is 3.10. The van der Waals surface area contributed by atoms with Gasteiger partial charge in [0.25, 0.3) is 5.91 Å². The van der Waals surface area contributed by atoms with Crippen molar-refractivity contribution in [3.8, 4) is 0 Å². The molecule has 1 fully saturated rings. The summed E-state index contributed by atoms with van der Waals surface area (Å²) in [5, 5.41) is 0.875. The number of rotatable bonds is 5. The molecular weight excluding hydrogens is 368 g/mol. The number of carbonyl (C=O) groups excluding carboxylic acids is 2. The molecule has 6 nitrogen and oxygen atoms in total. The summed E-state index contributed by atoms with van der Waals surface area (Å²) in [4.78, 5) is 28.9. The van der Waals surface area contributed by atoms with Crippen molar-refractivity contribution in [2.45, 2.75) is 13.5 Å². The van der Waals surface area contributed by atoms with Crippen LogP contribution < -0.4 is 0 Å². The van der Waals surface area contributed by atoms with Crippen molar-refractivity contribution in [3.05, 3.63) is 71.5 Å². The van der Waals surface area contributed by atoms with E-state index in [2.05, 4.69) is 17.0 Å². The fraction of sp³-hybridized carbons (Fsp3) is 0.304. The van der Waals surface area contributed by atoms with Gasteiger partial charge in [-0.25, -0.2) is 4.79 Å². The van der Waals surface area contributed by atoms with Crippen molar-refractivity contribution >= 4 is 22.8 Å². The van der Waals surface area contributed by atoms with Gasteiger partial charge in [0, 0.05) is 43.7 Å². The molecule has 0 aliphatic carbocycles. The van der Waals surface area contributed by atoms with Gasteiger partial charge in [-0.05, 0) is 18.6 Å². The number of para-hydroxylation sites is 1. The monoisotopic (exact) mass is 392 g/mol. The Morgan fingerprint density at radius 1 is 0.966 bits per heavy atom. The summed E-state index contributed by atoms with van der Waals surface area (Å²) in [6, 6.07) is 17.7. The first-order valence-electron chi connectivity index (χ1n) is 9.81. The topological polar surface area (TPSA) is 63.0 Å². The third kappa shape index (κ3) is 4.32. The highest BCUT2D eigenvalue weighted by molar-refractivity contribution is 5.96. The van der Waals surface area contributed by atoms with Crippen molar-refractivity contribution in [3.63, 3.8) is 0 Å². The van der Waals surface area contributed by atoms with Crippen LogP contribution in [0.3, 0.4) is 0 Å². The highest BCUT2D eigenvalue weighted by Gasteiger charge is 2.24. The summed E-state index contributed by atoms with van der Waals surface area (Å²) in [6.45, 7) is 5.29. The molecule has 1 aliphatic heterocycles. The third-order valence-electron chi connectivity index (χ3n) is 5.33. The van der Waals surface area contributed by atoms with E-state index in [4.69, 9.17) is 9.15 Å². The molecule has 0 atom stereocenters. The van der Waals surface area contributed by atoms with Crippen LogP contribution >= 0.6 is 0 Å². The molecule has 29 heavy (non-hydrogen) atoms. The number of furan rings is 1. The lowest BCUT2D eigenvalue weighted by Crippen LogP contribution is -2.49. The molecule has 1 aliphatic rings.